The van der Waals surface area contributed by atoms with Crippen molar-refractivity contribution in [2.24, 2.45) is 0 Å². The number of likely N-dealkylation sites (N-methyl/N-ethyl adjacent to an activating group) is 1. The van der Waals surface area contributed by atoms with Gasteiger partial charge in [-0.1, -0.05) is 18.2 Å². The Morgan fingerprint density at radius 3 is 2.73 bits per heavy atom. The van der Waals surface area contributed by atoms with Gasteiger partial charge in [-0.2, -0.15) is 0 Å². The Kier molecular flexibility index (Phi) is 5.52. The molecule has 4 aliphatic rings. The summed E-state index contributed by atoms with van der Waals surface area (Å²) in [6.45, 7) is 9.08. The Labute approximate surface area is 180 Å². The number of ether oxygens (including phenoxy) is 2. The summed E-state index contributed by atoms with van der Waals surface area (Å²) in [5.74, 6) is 1.71. The maximum atomic E-state index is 10.2. The zero-order valence-electron chi connectivity index (χ0n) is 18.3. The lowest BCUT2D eigenvalue weighted by atomic mass is 9.69. The lowest BCUT2D eigenvalue weighted by Crippen LogP contribution is -2.45. The molecule has 30 heavy (non-hydrogen) atoms. The van der Waals surface area contributed by atoms with Gasteiger partial charge in [-0.05, 0) is 51.2 Å². The van der Waals surface area contributed by atoms with Crippen LogP contribution in [0.3, 0.4) is 0 Å². The molecule has 5 rings (SSSR count). The average Bonchev–Trinajstić information content (AvgIpc) is 2.99. The second-order valence-corrected chi connectivity index (χ2v) is 9.46. The molecule has 0 amide bonds. The third-order valence-corrected chi connectivity index (χ3v) is 7.58. The number of rotatable bonds is 5. The van der Waals surface area contributed by atoms with Crippen molar-refractivity contribution in [3.05, 3.63) is 35.4 Å². The molecule has 0 aromatic heterocycles. The first-order chi connectivity index (χ1) is 14.6. The molecule has 164 valence electrons. The van der Waals surface area contributed by atoms with Crippen molar-refractivity contribution in [3.8, 4) is 11.5 Å². The topological polar surface area (TPSA) is 48.4 Å². The largest absolute Gasteiger partial charge is 0.493 e. The fourth-order valence-corrected chi connectivity index (χ4v) is 5.77. The van der Waals surface area contributed by atoms with Crippen LogP contribution in [0.15, 0.2) is 24.3 Å². The van der Waals surface area contributed by atoms with Crippen molar-refractivity contribution in [2.75, 3.05) is 60.0 Å². The molecule has 1 spiro atoms. The first-order valence-electron chi connectivity index (χ1n) is 11.5. The van der Waals surface area contributed by atoms with Gasteiger partial charge in [0.25, 0.3) is 0 Å². The summed E-state index contributed by atoms with van der Waals surface area (Å²) >= 11 is 0. The van der Waals surface area contributed by atoms with Gasteiger partial charge in [0.15, 0.2) is 11.5 Å². The number of hydrogen-bond donors (Lipinski definition) is 1. The normalized spacial score (nSPS) is 31.7. The third-order valence-electron chi connectivity index (χ3n) is 7.58. The van der Waals surface area contributed by atoms with E-state index in [0.29, 0.717) is 6.42 Å². The molecule has 3 atom stereocenters. The van der Waals surface area contributed by atoms with Gasteiger partial charge in [-0.15, -0.1) is 0 Å². The highest BCUT2D eigenvalue weighted by Crippen LogP contribution is 2.55. The summed E-state index contributed by atoms with van der Waals surface area (Å²) in [5.41, 5.74) is 2.52. The number of piperazine rings is 1. The monoisotopic (exact) mass is 413 g/mol. The minimum absolute atomic E-state index is 0.00663. The molecule has 1 saturated heterocycles. The molecule has 3 heterocycles. The molecule has 3 aliphatic heterocycles. The Hall–Kier alpha value is -1.60. The van der Waals surface area contributed by atoms with E-state index in [1.807, 2.05) is 12.1 Å². The van der Waals surface area contributed by atoms with E-state index in [-0.39, 0.29) is 11.5 Å². The lowest BCUT2D eigenvalue weighted by molar-refractivity contribution is 0.0805. The van der Waals surface area contributed by atoms with E-state index in [2.05, 4.69) is 33.9 Å². The Balaban J connectivity index is 1.33. The van der Waals surface area contributed by atoms with Crippen LogP contribution in [0.4, 0.5) is 0 Å². The molecule has 6 nitrogen and oxygen atoms in total. The molecule has 0 saturated carbocycles. The van der Waals surface area contributed by atoms with Crippen molar-refractivity contribution in [1.29, 1.82) is 0 Å². The minimum atomic E-state index is -0.424. The van der Waals surface area contributed by atoms with Crippen molar-refractivity contribution >= 4 is 0 Å². The number of aliphatic hydroxyl groups excluding tert-OH is 1. The summed E-state index contributed by atoms with van der Waals surface area (Å²) < 4.78 is 12.0. The van der Waals surface area contributed by atoms with E-state index < -0.39 is 6.10 Å². The molecule has 6 heteroatoms. The fraction of sp³-hybridized carbons (Fsp3) is 0.667. The quantitative estimate of drug-likeness (QED) is 0.744. The lowest BCUT2D eigenvalue weighted by Gasteiger charge is -2.36. The third kappa shape index (κ3) is 3.54. The van der Waals surface area contributed by atoms with Crippen LogP contribution in [0.2, 0.25) is 0 Å². The number of aliphatic hydroxyl groups is 1. The minimum Gasteiger partial charge on any atom is -0.493 e. The highest BCUT2D eigenvalue weighted by atomic mass is 16.5. The van der Waals surface area contributed by atoms with Gasteiger partial charge in [-0.25, -0.2) is 0 Å². The number of methoxy groups -OCH3 is 1. The first-order valence-corrected chi connectivity index (χ1v) is 11.5. The van der Waals surface area contributed by atoms with Crippen LogP contribution in [-0.2, 0) is 12.0 Å². The van der Waals surface area contributed by atoms with E-state index in [9.17, 15) is 5.11 Å². The predicted octanol–water partition coefficient (Wildman–Crippen LogP) is 1.86. The SMILES string of the molecule is COc1ccc2c3c1O[C@@H]1C[C@@H](O)C=CC31CCN(CCCN1CCN(C)CC1)C2. The number of benzene rings is 1. The summed E-state index contributed by atoms with van der Waals surface area (Å²) in [7, 11) is 3.92. The Bertz CT molecular complexity index is 805. The van der Waals surface area contributed by atoms with Crippen LogP contribution in [0.25, 0.3) is 0 Å². The van der Waals surface area contributed by atoms with Gasteiger partial charge in [-0.3, -0.25) is 4.90 Å². The van der Waals surface area contributed by atoms with E-state index in [4.69, 9.17) is 9.47 Å². The molecular formula is C24H35N3O3. The summed E-state index contributed by atoms with van der Waals surface area (Å²) in [6, 6.07) is 4.27. The van der Waals surface area contributed by atoms with E-state index >= 15 is 0 Å². The van der Waals surface area contributed by atoms with Crippen LogP contribution in [-0.4, -0.2) is 92.0 Å². The van der Waals surface area contributed by atoms with Gasteiger partial charge < -0.3 is 24.4 Å². The van der Waals surface area contributed by atoms with E-state index in [1.165, 1.54) is 50.3 Å². The zero-order chi connectivity index (χ0) is 20.7. The molecule has 1 N–H and O–H groups in total. The summed E-state index contributed by atoms with van der Waals surface area (Å²) in [5, 5.41) is 10.2. The summed E-state index contributed by atoms with van der Waals surface area (Å²) in [6.07, 6.45) is 6.67. The molecule has 1 aliphatic carbocycles. The van der Waals surface area contributed by atoms with Gasteiger partial charge in [0.1, 0.15) is 6.10 Å². The van der Waals surface area contributed by atoms with Crippen molar-refractivity contribution in [1.82, 2.24) is 14.7 Å². The van der Waals surface area contributed by atoms with Gasteiger partial charge in [0.2, 0.25) is 0 Å². The van der Waals surface area contributed by atoms with Crippen LogP contribution >= 0.6 is 0 Å². The molecule has 1 unspecified atom stereocenters. The smallest absolute Gasteiger partial charge is 0.166 e. The second kappa shape index (κ2) is 8.15. The van der Waals surface area contributed by atoms with Gasteiger partial charge in [0.05, 0.1) is 18.6 Å². The highest BCUT2D eigenvalue weighted by molar-refractivity contribution is 5.61. The molecule has 1 aromatic carbocycles. The molecular weight excluding hydrogens is 378 g/mol. The number of nitrogens with zero attached hydrogens (tertiary/aromatic N) is 3. The van der Waals surface area contributed by atoms with E-state index in [0.717, 1.165) is 37.6 Å². The zero-order valence-corrected chi connectivity index (χ0v) is 18.3. The second-order valence-electron chi connectivity index (χ2n) is 9.46. The van der Waals surface area contributed by atoms with Crippen molar-refractivity contribution in [3.63, 3.8) is 0 Å². The maximum Gasteiger partial charge on any atom is 0.166 e. The molecule has 0 radical (unpaired) electrons. The van der Waals surface area contributed by atoms with Crippen LogP contribution < -0.4 is 9.47 Å². The average molecular weight is 414 g/mol. The molecule has 1 aromatic rings. The number of hydrogen-bond acceptors (Lipinski definition) is 6. The Morgan fingerprint density at radius 1 is 1.13 bits per heavy atom. The standard InChI is InChI=1S/C24H35N3O3/c1-25-12-14-26(15-13-25)9-3-10-27-11-8-24-7-6-19(28)16-21(24)30-23-20(29-2)5-4-18(17-27)22(23)24/h4-7,19,21,28H,3,8-17H2,1-2H3/t19-,21+,24?/m0/s1. The highest BCUT2D eigenvalue weighted by Gasteiger charge is 2.52. The van der Waals surface area contributed by atoms with Crippen LogP contribution in [0.1, 0.15) is 30.4 Å². The van der Waals surface area contributed by atoms with Crippen LogP contribution in [0.5, 0.6) is 11.5 Å². The summed E-state index contributed by atoms with van der Waals surface area (Å²) in [4.78, 5) is 7.63. The maximum absolute atomic E-state index is 10.2. The molecule has 0 bridgehead atoms. The van der Waals surface area contributed by atoms with Crippen molar-refractivity contribution in [2.45, 2.75) is 43.4 Å². The predicted molar refractivity (Wildman–Crippen MR) is 117 cm³/mol. The van der Waals surface area contributed by atoms with Gasteiger partial charge in [0, 0.05) is 44.7 Å². The van der Waals surface area contributed by atoms with Gasteiger partial charge >= 0.3 is 0 Å². The van der Waals surface area contributed by atoms with Crippen molar-refractivity contribution < 1.29 is 14.6 Å². The Morgan fingerprint density at radius 2 is 1.93 bits per heavy atom. The fourth-order valence-electron chi connectivity index (χ4n) is 5.77. The first kappa shape index (κ1) is 20.3. The van der Waals surface area contributed by atoms with E-state index in [1.54, 1.807) is 7.11 Å². The molecule has 1 fully saturated rings. The van der Waals surface area contributed by atoms with Crippen LogP contribution in [0, 0.1) is 0 Å².